The second-order valence-electron chi connectivity index (χ2n) is 10.1. The minimum Gasteiger partial charge on any atom is -0.489 e. The quantitative estimate of drug-likeness (QED) is 0.0601. The molecule has 2 N–H and O–H groups in total. The van der Waals surface area contributed by atoms with Gasteiger partial charge in [-0.2, -0.15) is 0 Å². The highest BCUT2D eigenvalue weighted by Crippen LogP contribution is 2.19. The molecule has 0 heterocycles. The summed E-state index contributed by atoms with van der Waals surface area (Å²) in [5.41, 5.74) is 6.43. The lowest BCUT2D eigenvalue weighted by molar-refractivity contribution is -0.145. The normalized spacial score (nSPS) is 11.3. The van der Waals surface area contributed by atoms with Crippen LogP contribution in [0.5, 0.6) is 5.75 Å². The van der Waals surface area contributed by atoms with Crippen LogP contribution in [0.1, 0.15) is 19.8 Å². The fourth-order valence-corrected chi connectivity index (χ4v) is 3.61. The zero-order chi connectivity index (χ0) is 35.1. The molecule has 0 aliphatic heterocycles. The minimum atomic E-state index is -0.190. The highest BCUT2D eigenvalue weighted by Gasteiger charge is 2.01. The van der Waals surface area contributed by atoms with Gasteiger partial charge in [0.05, 0.1) is 151 Å². The third kappa shape index (κ3) is 32.8. The number of nitrogen functional groups attached to an aromatic ring is 1. The molecule has 0 aliphatic carbocycles. The van der Waals surface area contributed by atoms with Gasteiger partial charge in [-0.05, 0) is 18.6 Å². The summed E-state index contributed by atoms with van der Waals surface area (Å²) in [5.74, 6) is 0.475. The number of ether oxygens (including phenoxy) is 13. The molecule has 1 aromatic carbocycles. The molecule has 0 saturated heterocycles. The van der Waals surface area contributed by atoms with Crippen molar-refractivity contribution in [1.29, 1.82) is 0 Å². The number of nitrogens with two attached hydrogens (primary N) is 1. The molecule has 0 unspecified atom stereocenters. The van der Waals surface area contributed by atoms with Gasteiger partial charge in [-0.1, -0.05) is 19.1 Å². The van der Waals surface area contributed by atoms with Crippen LogP contribution < -0.4 is 10.5 Å². The second kappa shape index (κ2) is 37.1. The van der Waals surface area contributed by atoms with Crippen LogP contribution in [0.2, 0.25) is 0 Å². The third-order valence-corrected chi connectivity index (χ3v) is 6.07. The number of hydrogen-bond donors (Lipinski definition) is 1. The number of carbonyl (C=O) groups excluding carboxylic acids is 1. The Hall–Kier alpha value is -2.15. The van der Waals surface area contributed by atoms with E-state index >= 15 is 0 Å². The summed E-state index contributed by atoms with van der Waals surface area (Å²) in [6, 6.07) is 7.37. The van der Waals surface area contributed by atoms with Crippen molar-refractivity contribution in [3.63, 3.8) is 0 Å². The van der Waals surface area contributed by atoms with Gasteiger partial charge in [-0.25, -0.2) is 0 Å². The van der Waals surface area contributed by atoms with E-state index in [1.54, 1.807) is 6.07 Å². The predicted octanol–water partition coefficient (Wildman–Crippen LogP) is 2.17. The smallest absolute Gasteiger partial charge is 0.305 e. The lowest BCUT2D eigenvalue weighted by Gasteiger charge is -2.10. The van der Waals surface area contributed by atoms with Gasteiger partial charge in [0.2, 0.25) is 0 Å². The van der Waals surface area contributed by atoms with E-state index in [-0.39, 0.29) is 12.6 Å². The van der Waals surface area contributed by atoms with E-state index in [0.717, 1.165) is 6.42 Å². The molecule has 0 aromatic heterocycles. The Bertz CT molecular complexity index is 838. The Morgan fingerprint density at radius 3 is 1.04 bits per heavy atom. The van der Waals surface area contributed by atoms with Crippen molar-refractivity contribution in [3.05, 3.63) is 24.3 Å². The van der Waals surface area contributed by atoms with E-state index in [9.17, 15) is 4.79 Å². The third-order valence-electron chi connectivity index (χ3n) is 6.07. The van der Waals surface area contributed by atoms with Crippen LogP contribution >= 0.6 is 0 Å². The molecular weight excluding hydrogens is 646 g/mol. The first-order valence-corrected chi connectivity index (χ1v) is 17.2. The zero-order valence-corrected chi connectivity index (χ0v) is 29.5. The summed E-state index contributed by atoms with van der Waals surface area (Å²) in [7, 11) is 0. The molecule has 0 atom stereocenters. The number of hydrogen-bond acceptors (Lipinski definition) is 15. The summed E-state index contributed by atoms with van der Waals surface area (Å²) >= 11 is 0. The van der Waals surface area contributed by atoms with E-state index in [4.69, 9.17) is 67.3 Å². The molecule has 0 saturated carbocycles. The Labute approximate surface area is 292 Å². The molecule has 49 heavy (non-hydrogen) atoms. The Kier molecular flexibility index (Phi) is 34.0. The number of benzene rings is 1. The Morgan fingerprint density at radius 2 is 0.735 bits per heavy atom. The number of esters is 1. The van der Waals surface area contributed by atoms with Crippen LogP contribution in [0, 0.1) is 0 Å². The first-order valence-electron chi connectivity index (χ1n) is 17.2. The molecule has 286 valence electrons. The first-order chi connectivity index (χ1) is 24.2. The molecule has 1 aromatic rings. The van der Waals surface area contributed by atoms with Gasteiger partial charge in [-0.3, -0.25) is 4.79 Å². The molecule has 0 amide bonds. The van der Waals surface area contributed by atoms with Crippen molar-refractivity contribution >= 4 is 11.7 Å². The maximum Gasteiger partial charge on any atom is 0.305 e. The van der Waals surface area contributed by atoms with Crippen LogP contribution in [-0.2, 0) is 61.6 Å². The van der Waals surface area contributed by atoms with Gasteiger partial charge >= 0.3 is 5.97 Å². The number of anilines is 1. The molecule has 0 aliphatic rings. The van der Waals surface area contributed by atoms with Gasteiger partial charge in [-0.15, -0.1) is 0 Å². The Balaban J connectivity index is 1.63. The van der Waals surface area contributed by atoms with E-state index < -0.39 is 0 Å². The van der Waals surface area contributed by atoms with E-state index in [1.165, 1.54) is 0 Å². The summed E-state index contributed by atoms with van der Waals surface area (Å²) in [6.45, 7) is 13.3. The molecular formula is C34H61NO14. The predicted molar refractivity (Wildman–Crippen MR) is 181 cm³/mol. The van der Waals surface area contributed by atoms with Gasteiger partial charge in [0.15, 0.2) is 0 Å². The molecule has 15 nitrogen and oxygen atoms in total. The van der Waals surface area contributed by atoms with Gasteiger partial charge in [0, 0.05) is 6.42 Å². The number of rotatable bonds is 39. The maximum absolute atomic E-state index is 11.2. The van der Waals surface area contributed by atoms with E-state index in [0.29, 0.717) is 170 Å². The van der Waals surface area contributed by atoms with E-state index in [1.807, 2.05) is 25.1 Å². The highest BCUT2D eigenvalue weighted by molar-refractivity contribution is 5.69. The second-order valence-corrected chi connectivity index (χ2v) is 10.1. The van der Waals surface area contributed by atoms with E-state index in [2.05, 4.69) is 0 Å². The van der Waals surface area contributed by atoms with Crippen molar-refractivity contribution in [2.24, 2.45) is 0 Å². The summed E-state index contributed by atoms with van der Waals surface area (Å²) in [5, 5.41) is 0. The Morgan fingerprint density at radius 1 is 0.449 bits per heavy atom. The van der Waals surface area contributed by atoms with Gasteiger partial charge < -0.3 is 67.3 Å². The van der Waals surface area contributed by atoms with Crippen LogP contribution in [0.15, 0.2) is 24.3 Å². The van der Waals surface area contributed by atoms with Crippen molar-refractivity contribution in [2.45, 2.75) is 19.8 Å². The van der Waals surface area contributed by atoms with Crippen LogP contribution in [0.3, 0.4) is 0 Å². The first kappa shape index (κ1) is 44.9. The summed E-state index contributed by atoms with van der Waals surface area (Å²) < 4.78 is 70.5. The van der Waals surface area contributed by atoms with Gasteiger partial charge in [0.1, 0.15) is 19.0 Å². The van der Waals surface area contributed by atoms with Gasteiger partial charge in [0.25, 0.3) is 0 Å². The van der Waals surface area contributed by atoms with Crippen LogP contribution in [-0.4, -0.2) is 165 Å². The zero-order valence-electron chi connectivity index (χ0n) is 29.5. The van der Waals surface area contributed by atoms with Crippen molar-refractivity contribution < 1.29 is 66.4 Å². The fraction of sp³-hybridized carbons (Fsp3) is 0.794. The maximum atomic E-state index is 11.2. The molecule has 15 heteroatoms. The van der Waals surface area contributed by atoms with Crippen LogP contribution in [0.4, 0.5) is 5.69 Å². The average molecular weight is 708 g/mol. The van der Waals surface area contributed by atoms with Crippen molar-refractivity contribution in [3.8, 4) is 5.75 Å². The summed E-state index contributed by atoms with van der Waals surface area (Å²) in [4.78, 5) is 11.2. The summed E-state index contributed by atoms with van der Waals surface area (Å²) in [6.07, 6.45) is 1.22. The molecule has 0 radical (unpaired) electrons. The van der Waals surface area contributed by atoms with Crippen LogP contribution in [0.25, 0.3) is 0 Å². The average Bonchev–Trinajstić information content (AvgIpc) is 3.10. The van der Waals surface area contributed by atoms with Crippen molar-refractivity contribution in [1.82, 2.24) is 0 Å². The molecule has 1 rings (SSSR count). The highest BCUT2D eigenvalue weighted by atomic mass is 16.6. The monoisotopic (exact) mass is 707 g/mol. The molecule has 0 bridgehead atoms. The number of para-hydroxylation sites is 2. The fourth-order valence-electron chi connectivity index (χ4n) is 3.61. The molecule has 0 spiro atoms. The standard InChI is InChI=1S/C34H61NO14/c1-2-5-34(36)49-31-29-47-27-25-45-23-21-43-19-17-41-15-13-39-11-9-37-8-10-38-12-14-40-16-18-42-20-22-44-24-26-46-28-30-48-33-7-4-3-6-32(33)35/h3-4,6-7H,2,5,8-31,35H2,1H3. The minimum absolute atomic E-state index is 0.190. The largest absolute Gasteiger partial charge is 0.489 e. The lowest BCUT2D eigenvalue weighted by Crippen LogP contribution is -2.16. The van der Waals surface area contributed by atoms with Crippen molar-refractivity contribution in [2.75, 3.05) is 164 Å². The molecule has 0 fully saturated rings. The topological polar surface area (TPSA) is 163 Å². The lowest BCUT2D eigenvalue weighted by atomic mass is 10.3. The number of carbonyl (C=O) groups is 1. The SMILES string of the molecule is CCCC(=O)OCCOCCOCCOCCOCCOCCOCCOCCOCCOCCOCCOCCOc1ccccc1N.